The first-order valence-electron chi connectivity index (χ1n) is 12.1. The van der Waals surface area contributed by atoms with E-state index in [9.17, 15) is 4.79 Å². The zero-order valence-corrected chi connectivity index (χ0v) is 19.5. The molecule has 0 radical (unpaired) electrons. The minimum atomic E-state index is -0.0804. The fourth-order valence-corrected chi connectivity index (χ4v) is 4.74. The van der Waals surface area contributed by atoms with Gasteiger partial charge in [-0.2, -0.15) is 0 Å². The molecule has 0 aromatic carbocycles. The van der Waals surface area contributed by atoms with E-state index in [0.717, 1.165) is 56.9 Å². The number of pyridine rings is 1. The molecule has 4 rings (SSSR count). The second-order valence-electron chi connectivity index (χ2n) is 9.55. The van der Waals surface area contributed by atoms with Crippen molar-refractivity contribution < 1.29 is 4.79 Å². The highest BCUT2D eigenvalue weighted by Crippen LogP contribution is 2.24. The first-order chi connectivity index (χ1) is 15.5. The number of carbonyl (C=O) groups excluding carboxylic acids is 1. The summed E-state index contributed by atoms with van der Waals surface area (Å²) < 4.78 is 0. The van der Waals surface area contributed by atoms with Crippen LogP contribution in [0.2, 0.25) is 0 Å². The number of aromatic nitrogens is 3. The van der Waals surface area contributed by atoms with Crippen LogP contribution in [0.1, 0.15) is 57.1 Å². The number of aryl methyl sites for hydroxylation is 1. The van der Waals surface area contributed by atoms with Crippen molar-refractivity contribution in [1.29, 1.82) is 0 Å². The average molecular weight is 437 g/mol. The van der Waals surface area contributed by atoms with Gasteiger partial charge in [-0.05, 0) is 81.1 Å². The monoisotopic (exact) mass is 436 g/mol. The maximum atomic E-state index is 11.2. The summed E-state index contributed by atoms with van der Waals surface area (Å²) in [6.45, 7) is 9.18. The van der Waals surface area contributed by atoms with Gasteiger partial charge in [-0.25, -0.2) is 15.0 Å². The summed E-state index contributed by atoms with van der Waals surface area (Å²) in [6, 6.07) is 4.04. The molecule has 4 heterocycles. The highest BCUT2D eigenvalue weighted by molar-refractivity contribution is 5.87. The zero-order valence-electron chi connectivity index (χ0n) is 19.5. The van der Waals surface area contributed by atoms with Crippen LogP contribution in [-0.2, 0) is 17.8 Å². The summed E-state index contributed by atoms with van der Waals surface area (Å²) in [5, 5.41) is 2.77. The van der Waals surface area contributed by atoms with Crippen LogP contribution in [0.5, 0.6) is 0 Å². The van der Waals surface area contributed by atoms with Crippen LogP contribution in [0.3, 0.4) is 0 Å². The van der Waals surface area contributed by atoms with Gasteiger partial charge < -0.3 is 10.2 Å². The number of hydrogen-bond donors (Lipinski definition) is 1. The van der Waals surface area contributed by atoms with E-state index in [4.69, 9.17) is 0 Å². The van der Waals surface area contributed by atoms with E-state index in [2.05, 4.69) is 43.1 Å². The summed E-state index contributed by atoms with van der Waals surface area (Å²) in [6.07, 6.45) is 13.0. The van der Waals surface area contributed by atoms with Gasteiger partial charge in [0.25, 0.3) is 0 Å². The SMILES string of the molecule is CC(=O)Nc1cc(CCC2CCN(Cc3cnc(N4CCC(C)CC4)nc3)CC2)ccn1. The molecule has 2 saturated heterocycles. The Morgan fingerprint density at radius 2 is 1.75 bits per heavy atom. The number of nitrogens with one attached hydrogen (secondary N) is 1. The van der Waals surface area contributed by atoms with Crippen molar-refractivity contribution in [3.63, 3.8) is 0 Å². The van der Waals surface area contributed by atoms with Crippen LogP contribution in [0.15, 0.2) is 30.7 Å². The molecule has 0 aliphatic carbocycles. The number of nitrogens with zero attached hydrogens (tertiary/aromatic N) is 5. The Morgan fingerprint density at radius 3 is 2.44 bits per heavy atom. The second kappa shape index (κ2) is 10.9. The van der Waals surface area contributed by atoms with Gasteiger partial charge in [0.15, 0.2) is 0 Å². The molecular formula is C25H36N6O. The largest absolute Gasteiger partial charge is 0.341 e. The Hall–Kier alpha value is -2.54. The third-order valence-corrected chi connectivity index (χ3v) is 6.84. The molecule has 1 amide bonds. The second-order valence-corrected chi connectivity index (χ2v) is 9.55. The van der Waals surface area contributed by atoms with Crippen molar-refractivity contribution in [3.05, 3.63) is 41.9 Å². The molecule has 0 spiro atoms. The molecule has 0 atom stereocenters. The van der Waals surface area contributed by atoms with E-state index in [1.807, 2.05) is 18.5 Å². The molecule has 172 valence electrons. The Kier molecular flexibility index (Phi) is 7.68. The van der Waals surface area contributed by atoms with E-state index in [0.29, 0.717) is 5.82 Å². The van der Waals surface area contributed by atoms with Gasteiger partial charge in [-0.3, -0.25) is 9.69 Å². The minimum absolute atomic E-state index is 0.0804. The summed E-state index contributed by atoms with van der Waals surface area (Å²) in [4.78, 5) is 29.6. The summed E-state index contributed by atoms with van der Waals surface area (Å²) in [5.41, 5.74) is 2.45. The lowest BCUT2D eigenvalue weighted by atomic mass is 9.90. The van der Waals surface area contributed by atoms with Crippen molar-refractivity contribution in [2.24, 2.45) is 11.8 Å². The molecule has 7 nitrogen and oxygen atoms in total. The number of amides is 1. The lowest BCUT2D eigenvalue weighted by Gasteiger charge is -2.32. The molecule has 2 aromatic rings. The summed E-state index contributed by atoms with van der Waals surface area (Å²) in [5.74, 6) is 3.02. The highest BCUT2D eigenvalue weighted by atomic mass is 16.1. The quantitative estimate of drug-likeness (QED) is 0.709. The highest BCUT2D eigenvalue weighted by Gasteiger charge is 2.21. The maximum Gasteiger partial charge on any atom is 0.225 e. The van der Waals surface area contributed by atoms with Gasteiger partial charge in [0.2, 0.25) is 11.9 Å². The molecule has 32 heavy (non-hydrogen) atoms. The van der Waals surface area contributed by atoms with E-state index in [-0.39, 0.29) is 5.91 Å². The number of rotatable bonds is 7. The number of piperidine rings is 2. The number of carbonyl (C=O) groups is 1. The lowest BCUT2D eigenvalue weighted by molar-refractivity contribution is -0.114. The van der Waals surface area contributed by atoms with E-state index in [1.54, 1.807) is 6.20 Å². The molecule has 0 saturated carbocycles. The Balaban J connectivity index is 1.19. The Morgan fingerprint density at radius 1 is 1.03 bits per heavy atom. The predicted molar refractivity (Wildman–Crippen MR) is 128 cm³/mol. The van der Waals surface area contributed by atoms with Crippen LogP contribution in [-0.4, -0.2) is 51.9 Å². The van der Waals surface area contributed by atoms with Gasteiger partial charge in [0, 0.05) is 50.7 Å². The predicted octanol–water partition coefficient (Wildman–Crippen LogP) is 3.91. The molecule has 0 unspecified atom stereocenters. The summed E-state index contributed by atoms with van der Waals surface area (Å²) >= 11 is 0. The lowest BCUT2D eigenvalue weighted by Crippen LogP contribution is -2.34. The molecule has 1 N–H and O–H groups in total. The van der Waals surface area contributed by atoms with Gasteiger partial charge in [0.05, 0.1) is 0 Å². The van der Waals surface area contributed by atoms with Crippen molar-refractivity contribution >= 4 is 17.7 Å². The Bertz CT molecular complexity index is 870. The van der Waals surface area contributed by atoms with Crippen LogP contribution >= 0.6 is 0 Å². The summed E-state index contributed by atoms with van der Waals surface area (Å²) in [7, 11) is 0. The zero-order chi connectivity index (χ0) is 22.3. The van der Waals surface area contributed by atoms with Crippen LogP contribution in [0.25, 0.3) is 0 Å². The average Bonchev–Trinajstić information content (AvgIpc) is 2.80. The Labute approximate surface area is 191 Å². The molecule has 2 fully saturated rings. The van der Waals surface area contributed by atoms with Crippen molar-refractivity contribution in [1.82, 2.24) is 19.9 Å². The molecule has 2 aliphatic rings. The van der Waals surface area contributed by atoms with Crippen LogP contribution in [0.4, 0.5) is 11.8 Å². The topological polar surface area (TPSA) is 74.2 Å². The van der Waals surface area contributed by atoms with Crippen LogP contribution in [0, 0.1) is 11.8 Å². The van der Waals surface area contributed by atoms with Crippen molar-refractivity contribution in [3.8, 4) is 0 Å². The van der Waals surface area contributed by atoms with Gasteiger partial charge in [-0.15, -0.1) is 0 Å². The first-order valence-corrected chi connectivity index (χ1v) is 12.1. The molecular weight excluding hydrogens is 400 g/mol. The van der Waals surface area contributed by atoms with E-state index < -0.39 is 0 Å². The molecule has 0 bridgehead atoms. The van der Waals surface area contributed by atoms with Crippen LogP contribution < -0.4 is 10.2 Å². The van der Waals surface area contributed by atoms with Gasteiger partial charge in [0.1, 0.15) is 5.82 Å². The normalized spacial score (nSPS) is 18.6. The molecule has 2 aromatic heterocycles. The maximum absolute atomic E-state index is 11.2. The van der Waals surface area contributed by atoms with Crippen molar-refractivity contribution in [2.75, 3.05) is 36.4 Å². The smallest absolute Gasteiger partial charge is 0.225 e. The first kappa shape index (κ1) is 22.6. The fourth-order valence-electron chi connectivity index (χ4n) is 4.74. The van der Waals surface area contributed by atoms with E-state index in [1.165, 1.54) is 50.2 Å². The third-order valence-electron chi connectivity index (χ3n) is 6.84. The standard InChI is InChI=1S/C25H36N6O/c1-19-6-13-31(14-7-19)25-27-16-23(17-28-25)18-30-11-8-21(9-12-30)3-4-22-5-10-26-24(15-22)29-20(2)32/h5,10,15-17,19,21H,3-4,6-9,11-14,18H2,1-2H3,(H,26,29,32). The minimum Gasteiger partial charge on any atom is -0.341 e. The van der Waals surface area contributed by atoms with Gasteiger partial charge in [-0.1, -0.05) is 6.92 Å². The third kappa shape index (κ3) is 6.48. The van der Waals surface area contributed by atoms with Gasteiger partial charge >= 0.3 is 0 Å². The van der Waals surface area contributed by atoms with E-state index >= 15 is 0 Å². The van der Waals surface area contributed by atoms with Crippen molar-refractivity contribution in [2.45, 2.75) is 58.9 Å². The number of likely N-dealkylation sites (tertiary alicyclic amines) is 1. The molecule has 7 heteroatoms. The molecule has 2 aliphatic heterocycles. The number of hydrogen-bond acceptors (Lipinski definition) is 6. The fraction of sp³-hybridized carbons (Fsp3) is 0.600. The number of anilines is 2.